The zero-order valence-electron chi connectivity index (χ0n) is 13.5. The van der Waals surface area contributed by atoms with Crippen LogP contribution in [0.3, 0.4) is 0 Å². The van der Waals surface area contributed by atoms with Crippen molar-refractivity contribution in [1.29, 1.82) is 0 Å². The predicted octanol–water partition coefficient (Wildman–Crippen LogP) is 2.53. The fraction of sp³-hybridized carbons (Fsp3) is 0.263. The van der Waals surface area contributed by atoms with Gasteiger partial charge in [-0.15, -0.1) is 0 Å². The third-order valence-electron chi connectivity index (χ3n) is 4.66. The van der Waals surface area contributed by atoms with Crippen LogP contribution in [-0.4, -0.2) is 34.4 Å². The number of fused-ring (bicyclic) bond motifs is 2. The molecule has 0 spiro atoms. The largest absolute Gasteiger partial charge is 0.306 e. The molecule has 3 aromatic rings. The Kier molecular flexibility index (Phi) is 3.65. The van der Waals surface area contributed by atoms with Gasteiger partial charge < -0.3 is 4.90 Å². The van der Waals surface area contributed by atoms with E-state index in [1.54, 1.807) is 22.7 Å². The van der Waals surface area contributed by atoms with Crippen molar-refractivity contribution in [2.75, 3.05) is 20.1 Å². The average molecular weight is 323 g/mol. The monoisotopic (exact) mass is 323 g/mol. The molecule has 1 aliphatic heterocycles. The third-order valence-corrected chi connectivity index (χ3v) is 4.66. The number of hydrogen-bond acceptors (Lipinski definition) is 3. The molecule has 2 aromatic heterocycles. The SMILES string of the molecule is CN1CCc2nc3cc(-c4ccc(F)cc4)ccn3c(=O)c2CC1. The van der Waals surface area contributed by atoms with Gasteiger partial charge in [0.05, 0.1) is 5.69 Å². The minimum Gasteiger partial charge on any atom is -0.306 e. The van der Waals surface area contributed by atoms with Crippen LogP contribution < -0.4 is 5.56 Å². The summed E-state index contributed by atoms with van der Waals surface area (Å²) in [5, 5.41) is 0. The lowest BCUT2D eigenvalue weighted by Crippen LogP contribution is -2.23. The molecular formula is C19H18FN3O. The summed E-state index contributed by atoms with van der Waals surface area (Å²) < 4.78 is 14.7. The maximum atomic E-state index is 13.1. The van der Waals surface area contributed by atoms with Crippen molar-refractivity contribution in [2.45, 2.75) is 12.8 Å². The first-order chi connectivity index (χ1) is 11.6. The Bertz CT molecular complexity index is 963. The van der Waals surface area contributed by atoms with Gasteiger partial charge in [0, 0.05) is 31.3 Å². The fourth-order valence-electron chi connectivity index (χ4n) is 3.21. The van der Waals surface area contributed by atoms with E-state index >= 15 is 0 Å². The van der Waals surface area contributed by atoms with Crippen LogP contribution in [0.4, 0.5) is 4.39 Å². The number of pyridine rings is 1. The first-order valence-electron chi connectivity index (χ1n) is 8.10. The van der Waals surface area contributed by atoms with E-state index in [-0.39, 0.29) is 11.4 Å². The van der Waals surface area contributed by atoms with Gasteiger partial charge >= 0.3 is 0 Å². The summed E-state index contributed by atoms with van der Waals surface area (Å²) in [4.78, 5) is 19.7. The maximum absolute atomic E-state index is 13.1. The topological polar surface area (TPSA) is 37.6 Å². The van der Waals surface area contributed by atoms with Crippen LogP contribution >= 0.6 is 0 Å². The van der Waals surface area contributed by atoms with Gasteiger partial charge in [0.15, 0.2) is 0 Å². The molecular weight excluding hydrogens is 305 g/mol. The van der Waals surface area contributed by atoms with Crippen LogP contribution in [0.15, 0.2) is 47.4 Å². The normalized spacial score (nSPS) is 15.2. The van der Waals surface area contributed by atoms with Crippen molar-refractivity contribution >= 4 is 5.65 Å². The van der Waals surface area contributed by atoms with Crippen molar-refractivity contribution in [1.82, 2.24) is 14.3 Å². The highest BCUT2D eigenvalue weighted by atomic mass is 19.1. The number of rotatable bonds is 1. The third kappa shape index (κ3) is 2.61. The zero-order valence-corrected chi connectivity index (χ0v) is 13.5. The van der Waals surface area contributed by atoms with Gasteiger partial charge in [-0.2, -0.15) is 0 Å². The Balaban J connectivity index is 1.86. The summed E-state index contributed by atoms with van der Waals surface area (Å²) in [5.41, 5.74) is 4.23. The van der Waals surface area contributed by atoms with Gasteiger partial charge in [0.1, 0.15) is 11.5 Å². The number of hydrogen-bond donors (Lipinski definition) is 0. The predicted molar refractivity (Wildman–Crippen MR) is 91.8 cm³/mol. The Hall–Kier alpha value is -2.53. The smallest absolute Gasteiger partial charge is 0.261 e. The fourth-order valence-corrected chi connectivity index (χ4v) is 3.21. The van der Waals surface area contributed by atoms with Crippen molar-refractivity contribution in [3.05, 3.63) is 70.0 Å². The highest BCUT2D eigenvalue weighted by molar-refractivity contribution is 5.67. The Morgan fingerprint density at radius 1 is 1.04 bits per heavy atom. The van der Waals surface area contributed by atoms with E-state index in [9.17, 15) is 9.18 Å². The first-order valence-corrected chi connectivity index (χ1v) is 8.10. The highest BCUT2D eigenvalue weighted by Crippen LogP contribution is 2.21. The molecule has 24 heavy (non-hydrogen) atoms. The van der Waals surface area contributed by atoms with Crippen LogP contribution in [0.5, 0.6) is 0 Å². The van der Waals surface area contributed by atoms with Crippen LogP contribution in [0, 0.1) is 5.82 Å². The standard InChI is InChI=1S/C19H18FN3O/c1-22-9-7-16-17(8-10-22)21-18-12-14(6-11-23(18)19(16)24)13-2-4-15(20)5-3-13/h2-6,11-12H,7-10H2,1H3. The molecule has 3 heterocycles. The molecule has 5 heteroatoms. The minimum absolute atomic E-state index is 0.0240. The molecule has 4 rings (SSSR count). The minimum atomic E-state index is -0.261. The molecule has 0 radical (unpaired) electrons. The van der Waals surface area contributed by atoms with Crippen molar-refractivity contribution in [2.24, 2.45) is 0 Å². The van der Waals surface area contributed by atoms with Crippen molar-refractivity contribution in [3.8, 4) is 11.1 Å². The van der Waals surface area contributed by atoms with E-state index in [1.165, 1.54) is 12.1 Å². The summed E-state index contributed by atoms with van der Waals surface area (Å²) >= 11 is 0. The molecule has 0 bridgehead atoms. The van der Waals surface area contributed by atoms with E-state index in [2.05, 4.69) is 11.9 Å². The molecule has 4 nitrogen and oxygen atoms in total. The van der Waals surface area contributed by atoms with Gasteiger partial charge in [-0.1, -0.05) is 12.1 Å². The molecule has 1 aromatic carbocycles. The van der Waals surface area contributed by atoms with E-state index in [1.807, 2.05) is 12.1 Å². The van der Waals surface area contributed by atoms with Gasteiger partial charge in [-0.05, 0) is 48.9 Å². The molecule has 0 aliphatic carbocycles. The number of likely N-dealkylation sites (N-methyl/N-ethyl adjacent to an activating group) is 1. The van der Waals surface area contributed by atoms with E-state index in [4.69, 9.17) is 4.98 Å². The second-order valence-electron chi connectivity index (χ2n) is 6.30. The first kappa shape index (κ1) is 15.0. The van der Waals surface area contributed by atoms with Crippen molar-refractivity contribution in [3.63, 3.8) is 0 Å². The lowest BCUT2D eigenvalue weighted by molar-refractivity contribution is 0.352. The molecule has 0 unspecified atom stereocenters. The summed E-state index contributed by atoms with van der Waals surface area (Å²) in [6.45, 7) is 1.79. The molecule has 0 fully saturated rings. The molecule has 0 atom stereocenters. The van der Waals surface area contributed by atoms with Crippen LogP contribution in [-0.2, 0) is 12.8 Å². The van der Waals surface area contributed by atoms with E-state index in [0.29, 0.717) is 5.65 Å². The second kappa shape index (κ2) is 5.83. The molecule has 0 saturated heterocycles. The van der Waals surface area contributed by atoms with E-state index in [0.717, 1.165) is 48.3 Å². The number of halogens is 1. The zero-order chi connectivity index (χ0) is 16.7. The average Bonchev–Trinajstić information content (AvgIpc) is 2.77. The van der Waals surface area contributed by atoms with Gasteiger partial charge in [0.25, 0.3) is 5.56 Å². The Morgan fingerprint density at radius 3 is 2.58 bits per heavy atom. The molecule has 0 N–H and O–H groups in total. The lowest BCUT2D eigenvalue weighted by atomic mass is 10.1. The quantitative estimate of drug-likeness (QED) is 0.691. The number of benzene rings is 1. The summed E-state index contributed by atoms with van der Waals surface area (Å²) in [6, 6.07) is 10.1. The molecule has 1 aliphatic rings. The van der Waals surface area contributed by atoms with Gasteiger partial charge in [-0.25, -0.2) is 9.37 Å². The van der Waals surface area contributed by atoms with Crippen LogP contribution in [0.25, 0.3) is 16.8 Å². The highest BCUT2D eigenvalue weighted by Gasteiger charge is 2.17. The van der Waals surface area contributed by atoms with E-state index < -0.39 is 0 Å². The Labute approximate surface area is 139 Å². The second-order valence-corrected chi connectivity index (χ2v) is 6.30. The molecule has 122 valence electrons. The Morgan fingerprint density at radius 2 is 1.79 bits per heavy atom. The summed E-state index contributed by atoms with van der Waals surface area (Å²) in [6.07, 6.45) is 3.29. The summed E-state index contributed by atoms with van der Waals surface area (Å²) in [7, 11) is 2.07. The summed E-state index contributed by atoms with van der Waals surface area (Å²) in [5.74, 6) is -0.261. The molecule has 0 saturated carbocycles. The van der Waals surface area contributed by atoms with Crippen LogP contribution in [0.2, 0.25) is 0 Å². The maximum Gasteiger partial charge on any atom is 0.261 e. The number of nitrogens with zero attached hydrogens (tertiary/aromatic N) is 3. The van der Waals surface area contributed by atoms with Crippen molar-refractivity contribution < 1.29 is 4.39 Å². The molecule has 0 amide bonds. The van der Waals surface area contributed by atoms with Gasteiger partial charge in [0.2, 0.25) is 0 Å². The van der Waals surface area contributed by atoms with Gasteiger partial charge in [-0.3, -0.25) is 9.20 Å². The lowest BCUT2D eigenvalue weighted by Gasteiger charge is -2.10. The number of aromatic nitrogens is 2. The van der Waals surface area contributed by atoms with Crippen LogP contribution in [0.1, 0.15) is 11.3 Å².